The number of rotatable bonds is 3. The molecular formula is C7H11FN2S. The number of aryl methyl sites for hydroxylation is 1. The summed E-state index contributed by atoms with van der Waals surface area (Å²) in [7, 11) is 0. The Labute approximate surface area is 69.3 Å². The van der Waals surface area contributed by atoms with Crippen LogP contribution in [0.15, 0.2) is 6.20 Å². The fourth-order valence-corrected chi connectivity index (χ4v) is 1.61. The Morgan fingerprint density at radius 3 is 3.00 bits per heavy atom. The van der Waals surface area contributed by atoms with Crippen LogP contribution >= 0.6 is 11.3 Å². The molecule has 0 aliphatic carbocycles. The Bertz CT molecular complexity index is 224. The topological polar surface area (TPSA) is 38.9 Å². The van der Waals surface area contributed by atoms with Crippen LogP contribution in [0.2, 0.25) is 0 Å². The van der Waals surface area contributed by atoms with Crippen molar-refractivity contribution < 1.29 is 4.39 Å². The van der Waals surface area contributed by atoms with Crippen molar-refractivity contribution in [1.29, 1.82) is 0 Å². The second kappa shape index (κ2) is 3.78. The average Bonchev–Trinajstić information content (AvgIpc) is 2.36. The van der Waals surface area contributed by atoms with Crippen molar-refractivity contribution in [2.24, 2.45) is 5.73 Å². The molecule has 0 fully saturated rings. The van der Waals surface area contributed by atoms with Crippen molar-refractivity contribution in [2.75, 3.05) is 6.54 Å². The van der Waals surface area contributed by atoms with E-state index in [0.29, 0.717) is 17.8 Å². The van der Waals surface area contributed by atoms with Crippen LogP contribution in [0.5, 0.6) is 0 Å². The Morgan fingerprint density at radius 2 is 2.55 bits per heavy atom. The van der Waals surface area contributed by atoms with Crippen molar-refractivity contribution in [3.63, 3.8) is 0 Å². The van der Waals surface area contributed by atoms with Gasteiger partial charge in [-0.25, -0.2) is 9.37 Å². The normalized spacial score (nSPS) is 13.4. The maximum atomic E-state index is 13.0. The fourth-order valence-electron chi connectivity index (χ4n) is 0.811. The maximum Gasteiger partial charge on any atom is 0.137 e. The van der Waals surface area contributed by atoms with Gasteiger partial charge in [-0.2, -0.15) is 0 Å². The van der Waals surface area contributed by atoms with Crippen LogP contribution in [0.4, 0.5) is 4.39 Å². The monoisotopic (exact) mass is 174 g/mol. The second-order valence-corrected chi connectivity index (χ2v) is 3.59. The molecule has 1 aromatic rings. The fraction of sp³-hybridized carbons (Fsp3) is 0.571. The molecule has 0 aromatic carbocycles. The smallest absolute Gasteiger partial charge is 0.137 e. The number of alkyl halides is 1. The van der Waals surface area contributed by atoms with Crippen LogP contribution in [-0.4, -0.2) is 11.5 Å². The van der Waals surface area contributed by atoms with E-state index in [1.807, 2.05) is 6.92 Å². The van der Waals surface area contributed by atoms with Crippen molar-refractivity contribution in [2.45, 2.75) is 19.5 Å². The van der Waals surface area contributed by atoms with Gasteiger partial charge in [0.15, 0.2) is 0 Å². The molecule has 0 aliphatic heterocycles. The van der Waals surface area contributed by atoms with E-state index in [2.05, 4.69) is 4.98 Å². The summed E-state index contributed by atoms with van der Waals surface area (Å²) in [4.78, 5) is 4.65. The Kier molecular flexibility index (Phi) is 2.96. The van der Waals surface area contributed by atoms with Crippen LogP contribution < -0.4 is 5.73 Å². The largest absolute Gasteiger partial charge is 0.330 e. The SMILES string of the molecule is Cc1ncc(C(F)CCN)s1. The molecule has 0 amide bonds. The third-order valence-corrected chi connectivity index (χ3v) is 2.37. The summed E-state index contributed by atoms with van der Waals surface area (Å²) in [5.74, 6) is 0. The molecule has 1 atom stereocenters. The number of aromatic nitrogens is 1. The first-order valence-electron chi connectivity index (χ1n) is 3.50. The van der Waals surface area contributed by atoms with Crippen molar-refractivity contribution >= 4 is 11.3 Å². The Hall–Kier alpha value is -0.480. The Balaban J connectivity index is 2.60. The minimum atomic E-state index is -0.925. The molecule has 62 valence electrons. The molecule has 1 rings (SSSR count). The van der Waals surface area contributed by atoms with Crippen LogP contribution in [0, 0.1) is 6.92 Å². The molecule has 0 aliphatic rings. The van der Waals surface area contributed by atoms with E-state index in [1.165, 1.54) is 11.3 Å². The summed E-state index contributed by atoms with van der Waals surface area (Å²) in [5.41, 5.74) is 5.22. The molecule has 4 heteroatoms. The lowest BCUT2D eigenvalue weighted by atomic mass is 10.2. The third-order valence-electron chi connectivity index (χ3n) is 1.37. The van der Waals surface area contributed by atoms with Gasteiger partial charge in [-0.05, 0) is 19.9 Å². The molecule has 1 aromatic heterocycles. The zero-order chi connectivity index (χ0) is 8.27. The van der Waals surface area contributed by atoms with Gasteiger partial charge in [-0.15, -0.1) is 11.3 Å². The van der Waals surface area contributed by atoms with E-state index < -0.39 is 6.17 Å². The number of hydrogen-bond acceptors (Lipinski definition) is 3. The molecule has 0 saturated heterocycles. The minimum Gasteiger partial charge on any atom is -0.330 e. The maximum absolute atomic E-state index is 13.0. The molecular weight excluding hydrogens is 163 g/mol. The van der Waals surface area contributed by atoms with Gasteiger partial charge in [-0.3, -0.25) is 0 Å². The number of hydrogen-bond donors (Lipinski definition) is 1. The third kappa shape index (κ3) is 2.24. The van der Waals surface area contributed by atoms with Crippen LogP contribution in [0.25, 0.3) is 0 Å². The standard InChI is InChI=1S/C7H11FN2S/c1-5-10-4-7(11-5)6(8)2-3-9/h4,6H,2-3,9H2,1H3. The zero-order valence-corrected chi connectivity index (χ0v) is 7.20. The molecule has 0 radical (unpaired) electrons. The lowest BCUT2D eigenvalue weighted by molar-refractivity contribution is 0.333. The first-order chi connectivity index (χ1) is 5.24. The number of nitrogens with two attached hydrogens (primary N) is 1. The van der Waals surface area contributed by atoms with Gasteiger partial charge in [0, 0.05) is 6.20 Å². The van der Waals surface area contributed by atoms with E-state index in [-0.39, 0.29) is 0 Å². The molecule has 11 heavy (non-hydrogen) atoms. The highest BCUT2D eigenvalue weighted by Gasteiger charge is 2.10. The van der Waals surface area contributed by atoms with Gasteiger partial charge in [0.25, 0.3) is 0 Å². The molecule has 0 spiro atoms. The first-order valence-corrected chi connectivity index (χ1v) is 4.32. The van der Waals surface area contributed by atoms with Crippen LogP contribution in [0.3, 0.4) is 0 Å². The van der Waals surface area contributed by atoms with E-state index in [0.717, 1.165) is 5.01 Å². The lowest BCUT2D eigenvalue weighted by Gasteiger charge is -2.00. The number of thiazole rings is 1. The average molecular weight is 174 g/mol. The lowest BCUT2D eigenvalue weighted by Crippen LogP contribution is -2.02. The molecule has 0 saturated carbocycles. The van der Waals surface area contributed by atoms with E-state index in [4.69, 9.17) is 5.73 Å². The van der Waals surface area contributed by atoms with Gasteiger partial charge in [0.2, 0.25) is 0 Å². The summed E-state index contributed by atoms with van der Waals surface area (Å²) in [6.45, 7) is 2.25. The Morgan fingerprint density at radius 1 is 1.82 bits per heavy atom. The highest BCUT2D eigenvalue weighted by molar-refractivity contribution is 7.11. The van der Waals surface area contributed by atoms with Crippen LogP contribution in [0.1, 0.15) is 22.5 Å². The zero-order valence-electron chi connectivity index (χ0n) is 6.38. The van der Waals surface area contributed by atoms with E-state index in [1.54, 1.807) is 6.20 Å². The first kappa shape index (κ1) is 8.62. The second-order valence-electron chi connectivity index (χ2n) is 2.33. The molecule has 2 nitrogen and oxygen atoms in total. The summed E-state index contributed by atoms with van der Waals surface area (Å²) in [6.07, 6.45) is 1.05. The van der Waals surface area contributed by atoms with Crippen molar-refractivity contribution in [3.8, 4) is 0 Å². The van der Waals surface area contributed by atoms with Gasteiger partial charge in [0.05, 0.1) is 9.88 Å². The summed E-state index contributed by atoms with van der Waals surface area (Å²) < 4.78 is 13.0. The van der Waals surface area contributed by atoms with Gasteiger partial charge in [-0.1, -0.05) is 0 Å². The van der Waals surface area contributed by atoms with E-state index in [9.17, 15) is 4.39 Å². The van der Waals surface area contributed by atoms with Crippen molar-refractivity contribution in [1.82, 2.24) is 4.98 Å². The highest BCUT2D eigenvalue weighted by Crippen LogP contribution is 2.25. The van der Waals surface area contributed by atoms with Gasteiger partial charge < -0.3 is 5.73 Å². The van der Waals surface area contributed by atoms with Crippen LogP contribution in [-0.2, 0) is 0 Å². The van der Waals surface area contributed by atoms with Crippen molar-refractivity contribution in [3.05, 3.63) is 16.1 Å². The highest BCUT2D eigenvalue weighted by atomic mass is 32.1. The number of halogens is 1. The summed E-state index contributed by atoms with van der Waals surface area (Å²) in [5, 5.41) is 0.902. The quantitative estimate of drug-likeness (QED) is 0.759. The predicted molar refractivity (Wildman–Crippen MR) is 44.4 cm³/mol. The van der Waals surface area contributed by atoms with E-state index >= 15 is 0 Å². The predicted octanol–water partition coefficient (Wildman–Crippen LogP) is 1.81. The van der Waals surface area contributed by atoms with Gasteiger partial charge in [0.1, 0.15) is 6.17 Å². The van der Waals surface area contributed by atoms with Gasteiger partial charge >= 0.3 is 0 Å². The summed E-state index contributed by atoms with van der Waals surface area (Å²) in [6, 6.07) is 0. The molecule has 0 bridgehead atoms. The molecule has 2 N–H and O–H groups in total. The molecule has 1 heterocycles. The minimum absolute atomic E-state index is 0.387. The summed E-state index contributed by atoms with van der Waals surface area (Å²) >= 11 is 1.39. The number of nitrogens with zero attached hydrogens (tertiary/aromatic N) is 1. The molecule has 1 unspecified atom stereocenters.